The van der Waals surface area contributed by atoms with E-state index in [9.17, 15) is 9.59 Å². The molecule has 0 unspecified atom stereocenters. The molecule has 1 fully saturated rings. The van der Waals surface area contributed by atoms with E-state index in [1.54, 1.807) is 11.3 Å². The number of hydrogen-bond donors (Lipinski definition) is 1. The van der Waals surface area contributed by atoms with Crippen molar-refractivity contribution in [2.45, 2.75) is 46.6 Å². The van der Waals surface area contributed by atoms with E-state index in [0.717, 1.165) is 42.8 Å². The average molecular weight is 432 g/mol. The quantitative estimate of drug-likeness (QED) is 0.617. The van der Waals surface area contributed by atoms with E-state index in [4.69, 9.17) is 4.74 Å². The number of hydrogen-bond acceptors (Lipinski definition) is 4. The highest BCUT2D eigenvalue weighted by Gasteiger charge is 2.29. The fraction of sp³-hybridized carbons (Fsp3) is 0.565. The van der Waals surface area contributed by atoms with Gasteiger partial charge in [-0.2, -0.15) is 0 Å². The van der Waals surface area contributed by atoms with Crippen LogP contribution in [0.1, 0.15) is 52.8 Å². The Bertz CT molecular complexity index is 836. The summed E-state index contributed by atoms with van der Waals surface area (Å²) in [5, 5.41) is 5.08. The van der Waals surface area contributed by atoms with Gasteiger partial charge in [0.15, 0.2) is 0 Å². The van der Waals surface area contributed by atoms with E-state index >= 15 is 0 Å². The van der Waals surface area contributed by atoms with Crippen molar-refractivity contribution in [1.82, 2.24) is 14.8 Å². The number of piperidine rings is 1. The highest BCUT2D eigenvalue weighted by Crippen LogP contribution is 2.24. The monoisotopic (exact) mass is 431 g/mol. The molecule has 0 aromatic carbocycles. The standard InChI is InChI=1S/C23H33N3O3S/c1-4-29-13-6-10-24-22(27)19-8-11-25(12-9-19)23(28)21-15-17(2)26(18(21)3)16-20-7-5-14-30-20/h5,7,14-15,19H,4,6,8-13,16H2,1-3H3,(H,24,27). The number of aromatic nitrogens is 1. The maximum absolute atomic E-state index is 13.1. The summed E-state index contributed by atoms with van der Waals surface area (Å²) in [5.74, 6) is 0.177. The van der Waals surface area contributed by atoms with Gasteiger partial charge >= 0.3 is 0 Å². The third-order valence-electron chi connectivity index (χ3n) is 5.82. The van der Waals surface area contributed by atoms with Crippen LogP contribution < -0.4 is 5.32 Å². The van der Waals surface area contributed by atoms with Crippen molar-refractivity contribution in [2.24, 2.45) is 5.92 Å². The van der Waals surface area contributed by atoms with Crippen LogP contribution in [0.2, 0.25) is 0 Å². The van der Waals surface area contributed by atoms with Crippen LogP contribution in [0.4, 0.5) is 0 Å². The number of aryl methyl sites for hydroxylation is 1. The summed E-state index contributed by atoms with van der Waals surface area (Å²) in [5.41, 5.74) is 2.90. The fourth-order valence-corrected chi connectivity index (χ4v) is 4.70. The highest BCUT2D eigenvalue weighted by atomic mass is 32.1. The second-order valence-corrected chi connectivity index (χ2v) is 8.89. The third kappa shape index (κ3) is 5.52. The van der Waals surface area contributed by atoms with E-state index in [0.29, 0.717) is 32.8 Å². The van der Waals surface area contributed by atoms with Gasteiger partial charge in [0.05, 0.1) is 12.1 Å². The average Bonchev–Trinajstić information content (AvgIpc) is 3.37. The minimum absolute atomic E-state index is 0.00703. The van der Waals surface area contributed by atoms with Crippen LogP contribution in [0.3, 0.4) is 0 Å². The van der Waals surface area contributed by atoms with Gasteiger partial charge in [-0.1, -0.05) is 6.07 Å². The maximum atomic E-state index is 13.1. The van der Waals surface area contributed by atoms with Gasteiger partial charge in [0.25, 0.3) is 5.91 Å². The van der Waals surface area contributed by atoms with Crippen LogP contribution in [0.25, 0.3) is 0 Å². The molecule has 2 aromatic rings. The Labute approximate surface area is 183 Å². The van der Waals surface area contributed by atoms with Gasteiger partial charge in [-0.25, -0.2) is 0 Å². The number of amides is 2. The molecule has 164 valence electrons. The molecule has 30 heavy (non-hydrogen) atoms. The predicted molar refractivity (Wildman–Crippen MR) is 120 cm³/mol. The molecule has 1 N–H and O–H groups in total. The molecule has 3 rings (SSSR count). The van der Waals surface area contributed by atoms with Crippen LogP contribution in [-0.2, 0) is 16.1 Å². The normalized spacial score (nSPS) is 14.8. The van der Waals surface area contributed by atoms with E-state index in [1.165, 1.54) is 4.88 Å². The zero-order valence-electron chi connectivity index (χ0n) is 18.3. The van der Waals surface area contributed by atoms with Gasteiger partial charge in [0.2, 0.25) is 5.91 Å². The molecule has 0 saturated carbocycles. The van der Waals surface area contributed by atoms with Crippen LogP contribution in [-0.4, -0.2) is 54.1 Å². The summed E-state index contributed by atoms with van der Waals surface area (Å²) in [7, 11) is 0. The number of nitrogens with one attached hydrogen (secondary N) is 1. The molecular formula is C23H33N3O3S. The summed E-state index contributed by atoms with van der Waals surface area (Å²) in [6.07, 6.45) is 2.27. The smallest absolute Gasteiger partial charge is 0.255 e. The summed E-state index contributed by atoms with van der Waals surface area (Å²) in [6, 6.07) is 6.18. The van der Waals surface area contributed by atoms with E-state index < -0.39 is 0 Å². The van der Waals surface area contributed by atoms with Crippen LogP contribution in [0.5, 0.6) is 0 Å². The van der Waals surface area contributed by atoms with E-state index in [2.05, 4.69) is 34.3 Å². The van der Waals surface area contributed by atoms with Crippen molar-refractivity contribution < 1.29 is 14.3 Å². The topological polar surface area (TPSA) is 63.6 Å². The molecule has 0 bridgehead atoms. The number of carbonyl (C=O) groups excluding carboxylic acids is 2. The van der Waals surface area contributed by atoms with Crippen molar-refractivity contribution in [3.05, 3.63) is 45.4 Å². The van der Waals surface area contributed by atoms with Gasteiger partial charge in [0.1, 0.15) is 0 Å². The second kappa shape index (κ2) is 10.8. The molecule has 6 nitrogen and oxygen atoms in total. The van der Waals surface area contributed by atoms with Gasteiger partial charge in [-0.05, 0) is 57.5 Å². The number of thiophene rings is 1. The highest BCUT2D eigenvalue weighted by molar-refractivity contribution is 7.09. The lowest BCUT2D eigenvalue weighted by molar-refractivity contribution is -0.126. The Kier molecular flexibility index (Phi) is 8.10. The van der Waals surface area contributed by atoms with Crippen molar-refractivity contribution in [1.29, 1.82) is 0 Å². The first-order valence-electron chi connectivity index (χ1n) is 10.8. The van der Waals surface area contributed by atoms with Crippen LogP contribution in [0.15, 0.2) is 23.6 Å². The van der Waals surface area contributed by atoms with Crippen LogP contribution >= 0.6 is 11.3 Å². The Morgan fingerprint density at radius 2 is 2.03 bits per heavy atom. The first kappa shape index (κ1) is 22.6. The lowest BCUT2D eigenvalue weighted by atomic mass is 9.95. The van der Waals surface area contributed by atoms with Gasteiger partial charge in [0, 0.05) is 55.0 Å². The molecule has 3 heterocycles. The SMILES string of the molecule is CCOCCCNC(=O)C1CCN(C(=O)c2cc(C)n(Cc3cccs3)c2C)CC1. The number of likely N-dealkylation sites (tertiary alicyclic amines) is 1. The molecule has 1 saturated heterocycles. The molecule has 0 radical (unpaired) electrons. The first-order chi connectivity index (χ1) is 14.5. The lowest BCUT2D eigenvalue weighted by Crippen LogP contribution is -2.43. The minimum atomic E-state index is -0.00703. The molecule has 7 heteroatoms. The van der Waals surface area contributed by atoms with Crippen molar-refractivity contribution in [2.75, 3.05) is 32.8 Å². The molecule has 0 aliphatic carbocycles. The number of ether oxygens (including phenoxy) is 1. The first-order valence-corrected chi connectivity index (χ1v) is 11.7. The Balaban J connectivity index is 1.52. The molecule has 0 spiro atoms. The summed E-state index contributed by atoms with van der Waals surface area (Å²) in [6.45, 7) is 10.1. The lowest BCUT2D eigenvalue weighted by Gasteiger charge is -2.31. The van der Waals surface area contributed by atoms with E-state index in [1.807, 2.05) is 24.8 Å². The zero-order valence-corrected chi connectivity index (χ0v) is 19.1. The van der Waals surface area contributed by atoms with Crippen molar-refractivity contribution >= 4 is 23.2 Å². The number of carbonyl (C=O) groups is 2. The Morgan fingerprint density at radius 3 is 2.70 bits per heavy atom. The molecule has 1 aliphatic heterocycles. The van der Waals surface area contributed by atoms with Crippen LogP contribution in [0, 0.1) is 19.8 Å². The Morgan fingerprint density at radius 1 is 1.27 bits per heavy atom. The summed E-state index contributed by atoms with van der Waals surface area (Å²) < 4.78 is 7.51. The second-order valence-electron chi connectivity index (χ2n) is 7.86. The minimum Gasteiger partial charge on any atom is -0.382 e. The summed E-state index contributed by atoms with van der Waals surface area (Å²) in [4.78, 5) is 28.7. The van der Waals surface area contributed by atoms with E-state index in [-0.39, 0.29) is 17.7 Å². The van der Waals surface area contributed by atoms with Gasteiger partial charge < -0.3 is 19.5 Å². The molecule has 2 aromatic heterocycles. The molecule has 2 amide bonds. The van der Waals surface area contributed by atoms with Gasteiger partial charge in [-0.3, -0.25) is 9.59 Å². The largest absolute Gasteiger partial charge is 0.382 e. The number of rotatable bonds is 9. The van der Waals surface area contributed by atoms with Crippen molar-refractivity contribution in [3.63, 3.8) is 0 Å². The third-order valence-corrected chi connectivity index (χ3v) is 6.68. The summed E-state index contributed by atoms with van der Waals surface area (Å²) >= 11 is 1.73. The fourth-order valence-electron chi connectivity index (χ4n) is 4.01. The Hall–Kier alpha value is -2.12. The van der Waals surface area contributed by atoms with Gasteiger partial charge in [-0.15, -0.1) is 11.3 Å². The molecular weight excluding hydrogens is 398 g/mol. The maximum Gasteiger partial charge on any atom is 0.255 e. The molecule has 0 atom stereocenters. The molecule has 1 aliphatic rings. The number of nitrogens with zero attached hydrogens (tertiary/aromatic N) is 2. The zero-order chi connectivity index (χ0) is 21.5. The predicted octanol–water partition coefficient (Wildman–Crippen LogP) is 3.61. The van der Waals surface area contributed by atoms with Crippen molar-refractivity contribution in [3.8, 4) is 0 Å².